The van der Waals surface area contributed by atoms with E-state index in [0.717, 1.165) is 0 Å². The van der Waals surface area contributed by atoms with E-state index >= 15 is 0 Å². The molecule has 0 aliphatic carbocycles. The minimum Gasteiger partial charge on any atom is -0.228 e. The molecule has 0 saturated carbocycles. The van der Waals surface area contributed by atoms with E-state index in [9.17, 15) is 4.39 Å². The van der Waals surface area contributed by atoms with Crippen molar-refractivity contribution in [3.63, 3.8) is 0 Å². The fourth-order valence-electron chi connectivity index (χ4n) is 0.744. The van der Waals surface area contributed by atoms with E-state index in [1.54, 1.807) is 18.2 Å². The van der Waals surface area contributed by atoms with Crippen molar-refractivity contribution < 1.29 is 4.39 Å². The zero-order valence-corrected chi connectivity index (χ0v) is 6.57. The van der Waals surface area contributed by atoms with Crippen LogP contribution in [0.25, 0.3) is 0 Å². The van der Waals surface area contributed by atoms with Gasteiger partial charge in [-0.05, 0) is 18.3 Å². The Morgan fingerprint density at radius 2 is 2.18 bits per heavy atom. The lowest BCUT2D eigenvalue weighted by atomic mass is 10.2. The monoisotopic (exact) mass is 167 g/mol. The Labute approximate surface area is 69.6 Å². The molecule has 1 rings (SSSR count). The number of hydrogen-bond acceptors (Lipinski definition) is 2. The van der Waals surface area contributed by atoms with Crippen molar-refractivity contribution in [2.75, 3.05) is 0 Å². The van der Waals surface area contributed by atoms with Gasteiger partial charge in [-0.3, -0.25) is 0 Å². The van der Waals surface area contributed by atoms with Crippen molar-refractivity contribution in [3.05, 3.63) is 35.6 Å². The van der Waals surface area contributed by atoms with Crippen molar-refractivity contribution in [2.45, 2.75) is 6.54 Å². The fraction of sp³-hybridized carbons (Fsp3) is 0.125. The topological polar surface area (TPSA) is 12.4 Å². The highest BCUT2D eigenvalue weighted by Crippen LogP contribution is 2.06. The molecule has 11 heavy (non-hydrogen) atoms. The number of benzene rings is 1. The molecule has 0 atom stereocenters. The van der Waals surface area contributed by atoms with Crippen molar-refractivity contribution in [3.8, 4) is 0 Å². The Hall–Kier alpha value is -1.05. The lowest BCUT2D eigenvalue weighted by molar-refractivity contribution is 0.611. The predicted octanol–water partition coefficient (Wildman–Crippen LogP) is 2.43. The number of rotatable bonds is 2. The van der Waals surface area contributed by atoms with Gasteiger partial charge in [-0.1, -0.05) is 18.2 Å². The molecule has 0 spiro atoms. The number of nitrogens with zero attached hydrogens (tertiary/aromatic N) is 1. The number of aliphatic imine (C=N–C) groups is 1. The van der Waals surface area contributed by atoms with Crippen LogP contribution in [0.1, 0.15) is 5.56 Å². The molecule has 0 aliphatic rings. The second kappa shape index (κ2) is 3.96. The molecule has 0 aliphatic heterocycles. The maximum Gasteiger partial charge on any atom is 0.128 e. The average Bonchev–Trinajstić information content (AvgIpc) is 2.03. The molecule has 1 aromatic carbocycles. The van der Waals surface area contributed by atoms with Crippen LogP contribution in [0.4, 0.5) is 4.39 Å². The largest absolute Gasteiger partial charge is 0.228 e. The normalized spacial score (nSPS) is 8.82. The summed E-state index contributed by atoms with van der Waals surface area (Å²) < 4.78 is 12.8. The molecule has 1 nitrogen and oxygen atoms in total. The first kappa shape index (κ1) is 8.05. The van der Waals surface area contributed by atoms with Crippen LogP contribution in [0.2, 0.25) is 0 Å². The highest BCUT2D eigenvalue weighted by atomic mass is 32.1. The molecular weight excluding hydrogens is 161 g/mol. The van der Waals surface area contributed by atoms with Gasteiger partial charge in [0.1, 0.15) is 5.82 Å². The summed E-state index contributed by atoms with van der Waals surface area (Å²) in [5.74, 6) is -0.249. The molecule has 0 saturated heterocycles. The molecule has 56 valence electrons. The molecule has 0 amide bonds. The van der Waals surface area contributed by atoms with Crippen molar-refractivity contribution in [2.24, 2.45) is 4.99 Å². The molecule has 0 aromatic heterocycles. The van der Waals surface area contributed by atoms with E-state index in [4.69, 9.17) is 0 Å². The summed E-state index contributed by atoms with van der Waals surface area (Å²) in [7, 11) is 0. The molecule has 0 fully saturated rings. The summed E-state index contributed by atoms with van der Waals surface area (Å²) in [6.07, 6.45) is 0. The Bertz CT molecular complexity index is 292. The minimum absolute atomic E-state index is 0.249. The summed E-state index contributed by atoms with van der Waals surface area (Å²) >= 11 is 4.36. The van der Waals surface area contributed by atoms with E-state index in [1.165, 1.54) is 6.07 Å². The van der Waals surface area contributed by atoms with Crippen LogP contribution in [0, 0.1) is 5.82 Å². The van der Waals surface area contributed by atoms with Gasteiger partial charge in [0, 0.05) is 5.56 Å². The number of hydrogen-bond donors (Lipinski definition) is 0. The molecule has 0 radical (unpaired) electrons. The molecular formula is C8H6FNS. The van der Waals surface area contributed by atoms with E-state index in [1.807, 2.05) is 0 Å². The van der Waals surface area contributed by atoms with Gasteiger partial charge in [-0.25, -0.2) is 9.38 Å². The molecule has 0 N–H and O–H groups in total. The lowest BCUT2D eigenvalue weighted by Gasteiger charge is -1.94. The second-order valence-corrected chi connectivity index (χ2v) is 2.18. The molecule has 0 heterocycles. The maximum atomic E-state index is 12.8. The van der Waals surface area contributed by atoms with E-state index in [2.05, 4.69) is 22.4 Å². The first-order valence-electron chi connectivity index (χ1n) is 3.11. The van der Waals surface area contributed by atoms with Crippen molar-refractivity contribution in [1.82, 2.24) is 0 Å². The number of isothiocyanates is 1. The molecule has 3 heteroatoms. The fourth-order valence-corrected chi connectivity index (χ4v) is 0.809. The van der Waals surface area contributed by atoms with Gasteiger partial charge in [0.05, 0.1) is 11.7 Å². The number of thiocarbonyl (C=S) groups is 1. The third-order valence-corrected chi connectivity index (χ3v) is 1.40. The number of halogens is 1. The van der Waals surface area contributed by atoms with Crippen LogP contribution in [0.3, 0.4) is 0 Å². The van der Waals surface area contributed by atoms with Gasteiger partial charge in [-0.2, -0.15) is 0 Å². The average molecular weight is 167 g/mol. The van der Waals surface area contributed by atoms with E-state index < -0.39 is 0 Å². The Morgan fingerprint density at radius 3 is 2.82 bits per heavy atom. The first-order valence-corrected chi connectivity index (χ1v) is 3.52. The maximum absolute atomic E-state index is 12.8. The molecule has 1 aromatic rings. The van der Waals surface area contributed by atoms with Crippen LogP contribution in [0.15, 0.2) is 29.3 Å². The third-order valence-electron chi connectivity index (χ3n) is 1.27. The molecule has 0 bridgehead atoms. The van der Waals surface area contributed by atoms with Crippen LogP contribution < -0.4 is 0 Å². The van der Waals surface area contributed by atoms with Gasteiger partial charge in [-0.15, -0.1) is 0 Å². The van der Waals surface area contributed by atoms with Gasteiger partial charge in [0.15, 0.2) is 0 Å². The Balaban J connectivity index is 2.85. The summed E-state index contributed by atoms with van der Waals surface area (Å²) in [5, 5.41) is 2.19. The van der Waals surface area contributed by atoms with Gasteiger partial charge < -0.3 is 0 Å². The minimum atomic E-state index is -0.249. The zero-order chi connectivity index (χ0) is 8.10. The van der Waals surface area contributed by atoms with E-state index in [-0.39, 0.29) is 12.4 Å². The highest BCUT2D eigenvalue weighted by molar-refractivity contribution is 7.78. The Morgan fingerprint density at radius 1 is 1.45 bits per heavy atom. The quantitative estimate of drug-likeness (QED) is 0.486. The second-order valence-electron chi connectivity index (χ2n) is 2.00. The van der Waals surface area contributed by atoms with Gasteiger partial charge in [0.25, 0.3) is 0 Å². The SMILES string of the molecule is Fc1ccccc1CN=C=S. The zero-order valence-electron chi connectivity index (χ0n) is 5.75. The van der Waals surface area contributed by atoms with Gasteiger partial charge in [0.2, 0.25) is 0 Å². The third kappa shape index (κ3) is 2.22. The summed E-state index contributed by atoms with van der Waals surface area (Å²) in [6.45, 7) is 0.274. The standard InChI is InChI=1S/C8H6FNS/c9-8-4-2-1-3-7(8)5-10-6-11/h1-4H,5H2. The lowest BCUT2D eigenvalue weighted by Crippen LogP contribution is -1.85. The molecule has 0 unspecified atom stereocenters. The predicted molar refractivity (Wildman–Crippen MR) is 45.1 cm³/mol. The Kier molecular flexibility index (Phi) is 2.90. The van der Waals surface area contributed by atoms with Crippen molar-refractivity contribution >= 4 is 17.4 Å². The summed E-state index contributed by atoms with van der Waals surface area (Å²) in [4.78, 5) is 3.63. The highest BCUT2D eigenvalue weighted by Gasteiger charge is 1.96. The smallest absolute Gasteiger partial charge is 0.128 e. The van der Waals surface area contributed by atoms with Crippen LogP contribution in [-0.4, -0.2) is 5.16 Å². The first-order chi connectivity index (χ1) is 5.34. The summed E-state index contributed by atoms with van der Waals surface area (Å²) in [5.41, 5.74) is 0.546. The van der Waals surface area contributed by atoms with E-state index in [0.29, 0.717) is 5.56 Å². The van der Waals surface area contributed by atoms with Crippen LogP contribution in [0.5, 0.6) is 0 Å². The summed E-state index contributed by atoms with van der Waals surface area (Å²) in [6, 6.07) is 6.47. The van der Waals surface area contributed by atoms with Crippen LogP contribution in [-0.2, 0) is 6.54 Å². The van der Waals surface area contributed by atoms with Crippen molar-refractivity contribution in [1.29, 1.82) is 0 Å². The van der Waals surface area contributed by atoms with Gasteiger partial charge >= 0.3 is 0 Å². The van der Waals surface area contributed by atoms with Crippen LogP contribution >= 0.6 is 12.2 Å².